The van der Waals surface area contributed by atoms with E-state index in [0.717, 1.165) is 34.9 Å². The van der Waals surface area contributed by atoms with Crippen molar-refractivity contribution in [3.05, 3.63) is 22.2 Å². The van der Waals surface area contributed by atoms with Crippen LogP contribution in [0.15, 0.2) is 16.6 Å². The van der Waals surface area contributed by atoms with Crippen molar-refractivity contribution in [3.63, 3.8) is 0 Å². The Kier molecular flexibility index (Phi) is 2.64. The van der Waals surface area contributed by atoms with Gasteiger partial charge in [-0.05, 0) is 40.0 Å². The fourth-order valence-corrected chi connectivity index (χ4v) is 2.64. The molecule has 1 aromatic rings. The quantitative estimate of drug-likeness (QED) is 0.844. The van der Waals surface area contributed by atoms with Gasteiger partial charge in [0.25, 0.3) is 0 Å². The lowest BCUT2D eigenvalue weighted by Crippen LogP contribution is -2.06. The van der Waals surface area contributed by atoms with Crippen molar-refractivity contribution in [2.45, 2.75) is 6.42 Å². The average molecular weight is 292 g/mol. The molecule has 0 radical (unpaired) electrons. The molecule has 0 amide bonds. The smallest absolute Gasteiger partial charge is 0.306 e. The molecule has 15 heavy (non-hydrogen) atoms. The molecule has 2 rings (SSSR count). The molecule has 1 aromatic carbocycles. The first kappa shape index (κ1) is 10.8. The third-order valence-corrected chi connectivity index (χ3v) is 3.21. The third kappa shape index (κ3) is 2.43. The van der Waals surface area contributed by atoms with Crippen LogP contribution in [0.2, 0.25) is 0 Å². The summed E-state index contributed by atoms with van der Waals surface area (Å²) < 4.78 is 27.6. The van der Waals surface area contributed by atoms with E-state index >= 15 is 0 Å². The van der Waals surface area contributed by atoms with Crippen molar-refractivity contribution in [3.8, 4) is 5.75 Å². The van der Waals surface area contributed by atoms with Crippen LogP contribution >= 0.6 is 15.9 Å². The van der Waals surface area contributed by atoms with E-state index in [1.54, 1.807) is 12.1 Å². The summed E-state index contributed by atoms with van der Waals surface area (Å²) >= 11 is 3.37. The molecule has 0 aliphatic carbocycles. The van der Waals surface area contributed by atoms with E-state index in [0.29, 0.717) is 5.75 Å². The van der Waals surface area contributed by atoms with E-state index in [-0.39, 0.29) is 0 Å². The first-order valence-electron chi connectivity index (χ1n) is 4.41. The largest absolute Gasteiger partial charge is 0.384 e. The predicted molar refractivity (Wildman–Crippen MR) is 61.8 cm³/mol. The zero-order valence-electron chi connectivity index (χ0n) is 8.08. The fraction of sp³-hybridized carbons (Fsp3) is 0.333. The summed E-state index contributed by atoms with van der Waals surface area (Å²) in [5.41, 5.74) is 2.10. The molecule has 0 bridgehead atoms. The van der Waals surface area contributed by atoms with Gasteiger partial charge in [-0.2, -0.15) is 8.42 Å². The molecule has 1 heterocycles. The third-order valence-electron chi connectivity index (χ3n) is 2.09. The fourth-order valence-electron chi connectivity index (χ4n) is 1.58. The molecule has 0 saturated carbocycles. The zero-order valence-corrected chi connectivity index (χ0v) is 10.5. The Morgan fingerprint density at radius 2 is 2.20 bits per heavy atom. The maximum Gasteiger partial charge on any atom is 0.306 e. The lowest BCUT2D eigenvalue weighted by molar-refractivity contribution is 0.492. The summed E-state index contributed by atoms with van der Waals surface area (Å²) in [6.07, 6.45) is 1.92. The van der Waals surface area contributed by atoms with Crippen molar-refractivity contribution in [1.29, 1.82) is 0 Å². The number of hydrogen-bond donors (Lipinski definition) is 1. The van der Waals surface area contributed by atoms with Crippen molar-refractivity contribution < 1.29 is 12.6 Å². The second kappa shape index (κ2) is 3.68. The Bertz CT molecular complexity index is 498. The second-order valence-corrected chi connectivity index (χ2v) is 5.83. The number of rotatable bonds is 2. The zero-order chi connectivity index (χ0) is 11.1. The summed E-state index contributed by atoms with van der Waals surface area (Å²) in [7, 11) is -3.45. The molecule has 0 atom stereocenters. The van der Waals surface area contributed by atoms with Gasteiger partial charge in [0.1, 0.15) is 5.75 Å². The van der Waals surface area contributed by atoms with Crippen molar-refractivity contribution in [2.24, 2.45) is 0 Å². The van der Waals surface area contributed by atoms with E-state index in [1.807, 2.05) is 0 Å². The number of halogens is 1. The van der Waals surface area contributed by atoms with Gasteiger partial charge in [0.15, 0.2) is 0 Å². The van der Waals surface area contributed by atoms with Gasteiger partial charge < -0.3 is 9.50 Å². The minimum atomic E-state index is -3.45. The van der Waals surface area contributed by atoms with E-state index in [9.17, 15) is 8.42 Å². The topological polar surface area (TPSA) is 55.4 Å². The molecule has 1 aliphatic heterocycles. The molecule has 0 aromatic heterocycles. The maximum absolute atomic E-state index is 11.0. The highest BCUT2D eigenvalue weighted by Crippen LogP contribution is 2.35. The Morgan fingerprint density at radius 3 is 2.87 bits per heavy atom. The molecule has 0 fully saturated rings. The average Bonchev–Trinajstić information content (AvgIpc) is 2.48. The lowest BCUT2D eigenvalue weighted by Gasteiger charge is -2.07. The number of nitrogens with one attached hydrogen (secondary N) is 1. The summed E-state index contributed by atoms with van der Waals surface area (Å²) in [6, 6.07) is 3.40. The molecule has 0 unspecified atom stereocenters. The van der Waals surface area contributed by atoms with Crippen LogP contribution < -0.4 is 9.50 Å². The van der Waals surface area contributed by atoms with E-state index in [1.165, 1.54) is 0 Å². The number of anilines is 1. The summed E-state index contributed by atoms with van der Waals surface area (Å²) in [4.78, 5) is 0. The predicted octanol–water partition coefficient (Wildman–Crippen LogP) is 1.76. The molecule has 0 spiro atoms. The molecule has 1 aliphatic rings. The molecule has 0 saturated heterocycles. The Labute approximate surface area is 96.9 Å². The summed E-state index contributed by atoms with van der Waals surface area (Å²) in [5.74, 6) is 0.354. The van der Waals surface area contributed by atoms with Crippen LogP contribution in [0.3, 0.4) is 0 Å². The maximum atomic E-state index is 11.0. The Morgan fingerprint density at radius 1 is 1.47 bits per heavy atom. The van der Waals surface area contributed by atoms with Gasteiger partial charge in [-0.25, -0.2) is 0 Å². The van der Waals surface area contributed by atoms with Crippen LogP contribution in [0.4, 0.5) is 5.69 Å². The monoisotopic (exact) mass is 291 g/mol. The SMILES string of the molecule is CS(=O)(=O)Oc1cc(Br)c2c(c1)CCN2. The molecular weight excluding hydrogens is 282 g/mol. The second-order valence-electron chi connectivity index (χ2n) is 3.40. The molecule has 1 N–H and O–H groups in total. The normalized spacial score (nSPS) is 14.5. The van der Waals surface area contributed by atoms with E-state index < -0.39 is 10.1 Å². The van der Waals surface area contributed by atoms with Gasteiger partial charge in [0.2, 0.25) is 0 Å². The molecule has 6 heteroatoms. The van der Waals surface area contributed by atoms with Gasteiger partial charge in [0.05, 0.1) is 11.9 Å². The van der Waals surface area contributed by atoms with Gasteiger partial charge in [0, 0.05) is 11.0 Å². The van der Waals surface area contributed by atoms with Crippen LogP contribution in [0.5, 0.6) is 5.75 Å². The van der Waals surface area contributed by atoms with Gasteiger partial charge in [-0.3, -0.25) is 0 Å². The Hall–Kier alpha value is -0.750. The highest BCUT2D eigenvalue weighted by atomic mass is 79.9. The van der Waals surface area contributed by atoms with Crippen LogP contribution in [0.25, 0.3) is 0 Å². The Balaban J connectivity index is 2.40. The summed E-state index contributed by atoms with van der Waals surface area (Å²) in [5, 5.41) is 3.21. The van der Waals surface area contributed by atoms with Crippen LogP contribution in [-0.4, -0.2) is 21.2 Å². The summed E-state index contributed by atoms with van der Waals surface area (Å²) in [6.45, 7) is 0.871. The first-order chi connectivity index (χ1) is 6.96. The van der Waals surface area contributed by atoms with Gasteiger partial charge in [-0.1, -0.05) is 0 Å². The first-order valence-corrected chi connectivity index (χ1v) is 7.02. The number of hydrogen-bond acceptors (Lipinski definition) is 4. The van der Waals surface area contributed by atoms with E-state index in [4.69, 9.17) is 4.18 Å². The minimum Gasteiger partial charge on any atom is -0.384 e. The highest BCUT2D eigenvalue weighted by molar-refractivity contribution is 9.10. The lowest BCUT2D eigenvalue weighted by atomic mass is 10.1. The molecule has 82 valence electrons. The van der Waals surface area contributed by atoms with Crippen LogP contribution in [-0.2, 0) is 16.5 Å². The number of fused-ring (bicyclic) bond motifs is 1. The van der Waals surface area contributed by atoms with Crippen LogP contribution in [0, 0.1) is 0 Å². The van der Waals surface area contributed by atoms with Crippen molar-refractivity contribution >= 4 is 31.7 Å². The minimum absolute atomic E-state index is 0.354. The highest BCUT2D eigenvalue weighted by Gasteiger charge is 2.16. The standard InChI is InChI=1S/C9H10BrNO3S/c1-15(12,13)14-7-4-6-2-3-11-9(6)8(10)5-7/h4-5,11H,2-3H2,1H3. The van der Waals surface area contributed by atoms with Crippen LogP contribution in [0.1, 0.15) is 5.56 Å². The molecular formula is C9H10BrNO3S. The number of benzene rings is 1. The van der Waals surface area contributed by atoms with Crippen molar-refractivity contribution in [1.82, 2.24) is 0 Å². The van der Waals surface area contributed by atoms with Crippen molar-refractivity contribution in [2.75, 3.05) is 18.1 Å². The van der Waals surface area contributed by atoms with Gasteiger partial charge >= 0.3 is 10.1 Å². The van der Waals surface area contributed by atoms with Gasteiger partial charge in [-0.15, -0.1) is 0 Å². The van der Waals surface area contributed by atoms with E-state index in [2.05, 4.69) is 21.2 Å². The molecule has 4 nitrogen and oxygen atoms in total.